The zero-order chi connectivity index (χ0) is 21.8. The summed E-state index contributed by atoms with van der Waals surface area (Å²) in [6.07, 6.45) is 6.79. The summed E-state index contributed by atoms with van der Waals surface area (Å²) in [5, 5.41) is 2.04. The highest BCUT2D eigenvalue weighted by molar-refractivity contribution is 7.25. The summed E-state index contributed by atoms with van der Waals surface area (Å²) >= 11 is 7.65. The molecule has 32 heavy (non-hydrogen) atoms. The van der Waals surface area contributed by atoms with Gasteiger partial charge in [-0.2, -0.15) is 0 Å². The summed E-state index contributed by atoms with van der Waals surface area (Å²) in [6.45, 7) is 0.208. The number of fused-ring (bicyclic) bond motifs is 3. The van der Waals surface area contributed by atoms with Crippen LogP contribution >= 0.6 is 22.9 Å². The predicted molar refractivity (Wildman–Crippen MR) is 124 cm³/mol. The number of nitrogens with zero attached hydrogens (tertiary/aromatic N) is 4. The van der Waals surface area contributed by atoms with Crippen molar-refractivity contribution in [1.82, 2.24) is 19.5 Å². The van der Waals surface area contributed by atoms with Crippen LogP contribution in [0.1, 0.15) is 30.1 Å². The van der Waals surface area contributed by atoms with E-state index in [0.717, 1.165) is 28.5 Å². The van der Waals surface area contributed by atoms with Crippen LogP contribution in [0.5, 0.6) is 5.75 Å². The van der Waals surface area contributed by atoms with Gasteiger partial charge in [0.2, 0.25) is 0 Å². The fraction of sp³-hybridized carbons (Fsp3) is 0.217. The van der Waals surface area contributed by atoms with Crippen LogP contribution < -0.4 is 10.3 Å². The Morgan fingerprint density at radius 2 is 2.16 bits per heavy atom. The number of rotatable bonds is 5. The highest BCUT2D eigenvalue weighted by Crippen LogP contribution is 2.45. The molecule has 1 aromatic carbocycles. The minimum absolute atomic E-state index is 0.144. The molecule has 4 heterocycles. The maximum absolute atomic E-state index is 13.8. The highest BCUT2D eigenvalue weighted by atomic mass is 35.5. The number of hydrogen-bond donors (Lipinski definition) is 0. The SMILES string of the molecule is COc1cnc(-c2nc3sc4cc(Cl)ccc4c3c(=O)n2Cc2cnco2)c(C2CC2)c1. The summed E-state index contributed by atoms with van der Waals surface area (Å²) in [5.74, 6) is 2.16. The average Bonchev–Trinajstić information content (AvgIpc) is 3.39. The molecule has 0 N–H and O–H groups in total. The fourth-order valence-electron chi connectivity index (χ4n) is 4.00. The smallest absolute Gasteiger partial charge is 0.263 e. The van der Waals surface area contributed by atoms with Gasteiger partial charge in [0.05, 0.1) is 31.4 Å². The zero-order valence-corrected chi connectivity index (χ0v) is 18.6. The van der Waals surface area contributed by atoms with Crippen LogP contribution in [0.25, 0.3) is 31.8 Å². The number of hydrogen-bond acceptors (Lipinski definition) is 7. The van der Waals surface area contributed by atoms with Crippen LogP contribution in [0.2, 0.25) is 5.02 Å². The molecule has 9 heteroatoms. The van der Waals surface area contributed by atoms with E-state index in [1.54, 1.807) is 30.1 Å². The van der Waals surface area contributed by atoms with Gasteiger partial charge in [-0.3, -0.25) is 9.36 Å². The van der Waals surface area contributed by atoms with Crippen molar-refractivity contribution in [1.29, 1.82) is 0 Å². The number of thiophene rings is 1. The quantitative estimate of drug-likeness (QED) is 0.353. The summed E-state index contributed by atoms with van der Waals surface area (Å²) < 4.78 is 13.4. The maximum Gasteiger partial charge on any atom is 0.263 e. The molecule has 1 saturated carbocycles. The van der Waals surface area contributed by atoms with Gasteiger partial charge in [-0.25, -0.2) is 15.0 Å². The number of ether oxygens (including phenoxy) is 1. The molecule has 0 aliphatic heterocycles. The second-order valence-corrected chi connectivity index (χ2v) is 9.27. The molecular formula is C23H17ClN4O3S. The molecule has 1 aliphatic carbocycles. The first-order valence-corrected chi connectivity index (χ1v) is 11.4. The van der Waals surface area contributed by atoms with Crippen LogP contribution in [0.15, 0.2) is 52.3 Å². The van der Waals surface area contributed by atoms with Crippen molar-refractivity contribution in [2.75, 3.05) is 7.11 Å². The van der Waals surface area contributed by atoms with Gasteiger partial charge >= 0.3 is 0 Å². The standard InChI is InChI=1S/C23H17ClN4O3S/c1-30-14-7-17(12-2-3-12)20(26-9-14)21-27-22-19(16-5-4-13(24)6-18(16)32-22)23(29)28(21)10-15-8-25-11-31-15/h4-9,11-12H,2-3,10H2,1H3. The van der Waals surface area contributed by atoms with Crippen molar-refractivity contribution in [3.05, 3.63) is 69.8 Å². The molecule has 0 radical (unpaired) electrons. The van der Waals surface area contributed by atoms with Crippen LogP contribution in [0.3, 0.4) is 0 Å². The Hall–Kier alpha value is -3.23. The second-order valence-electron chi connectivity index (χ2n) is 7.80. The Balaban J connectivity index is 1.67. The van der Waals surface area contributed by atoms with Gasteiger partial charge in [0, 0.05) is 15.1 Å². The van der Waals surface area contributed by atoms with Crippen molar-refractivity contribution >= 4 is 43.2 Å². The summed E-state index contributed by atoms with van der Waals surface area (Å²) in [5.41, 5.74) is 1.60. The van der Waals surface area contributed by atoms with Gasteiger partial charge in [-0.1, -0.05) is 17.7 Å². The number of methoxy groups -OCH3 is 1. The molecule has 1 aliphatic rings. The van der Waals surface area contributed by atoms with Crippen LogP contribution in [0, 0.1) is 0 Å². The van der Waals surface area contributed by atoms with Crippen molar-refractivity contribution in [2.45, 2.75) is 25.3 Å². The summed E-state index contributed by atoms with van der Waals surface area (Å²) in [7, 11) is 1.62. The molecule has 7 nitrogen and oxygen atoms in total. The lowest BCUT2D eigenvalue weighted by Gasteiger charge is -2.14. The maximum atomic E-state index is 13.8. The minimum atomic E-state index is -0.144. The van der Waals surface area contributed by atoms with Crippen LogP contribution in [-0.2, 0) is 6.54 Å². The largest absolute Gasteiger partial charge is 0.495 e. The number of pyridine rings is 1. The molecule has 0 atom stereocenters. The first-order chi connectivity index (χ1) is 15.6. The molecule has 1 fully saturated rings. The van der Waals surface area contributed by atoms with Crippen LogP contribution in [-0.4, -0.2) is 26.6 Å². The fourth-order valence-corrected chi connectivity index (χ4v) is 5.34. The minimum Gasteiger partial charge on any atom is -0.495 e. The zero-order valence-electron chi connectivity index (χ0n) is 17.0. The van der Waals surface area contributed by atoms with E-state index in [9.17, 15) is 4.79 Å². The lowest BCUT2D eigenvalue weighted by molar-refractivity contribution is 0.412. The van der Waals surface area contributed by atoms with Crippen molar-refractivity contribution in [3.63, 3.8) is 0 Å². The lowest BCUT2D eigenvalue weighted by atomic mass is 10.1. The Morgan fingerprint density at radius 1 is 1.28 bits per heavy atom. The van der Waals surface area contributed by atoms with E-state index in [2.05, 4.69) is 9.97 Å². The van der Waals surface area contributed by atoms with Crippen molar-refractivity contribution < 1.29 is 9.15 Å². The molecule has 0 saturated heterocycles. The summed E-state index contributed by atoms with van der Waals surface area (Å²) in [4.78, 5) is 28.1. The van der Waals surface area contributed by atoms with Crippen molar-refractivity contribution in [3.8, 4) is 17.3 Å². The van der Waals surface area contributed by atoms with Gasteiger partial charge in [0.15, 0.2) is 12.2 Å². The molecule has 0 unspecified atom stereocenters. The molecule has 4 aromatic heterocycles. The second kappa shape index (κ2) is 7.43. The van der Waals surface area contributed by atoms with E-state index in [4.69, 9.17) is 25.7 Å². The van der Waals surface area contributed by atoms with Gasteiger partial charge in [-0.15, -0.1) is 11.3 Å². The molecule has 160 valence electrons. The average molecular weight is 465 g/mol. The molecular weight excluding hydrogens is 448 g/mol. The Labute approximate surface area is 191 Å². The number of halogens is 1. The predicted octanol–water partition coefficient (Wildman–Crippen LogP) is 5.25. The van der Waals surface area contributed by atoms with E-state index in [-0.39, 0.29) is 12.1 Å². The molecule has 0 spiro atoms. The van der Waals surface area contributed by atoms with Gasteiger partial charge in [0.25, 0.3) is 5.56 Å². The number of oxazole rings is 1. The van der Waals surface area contributed by atoms with E-state index >= 15 is 0 Å². The van der Waals surface area contributed by atoms with E-state index in [1.807, 2.05) is 18.2 Å². The van der Waals surface area contributed by atoms with Gasteiger partial charge in [-0.05, 0) is 42.5 Å². The first kappa shape index (κ1) is 19.5. The third-order valence-electron chi connectivity index (χ3n) is 5.71. The summed E-state index contributed by atoms with van der Waals surface area (Å²) in [6, 6.07) is 7.53. The monoisotopic (exact) mass is 464 g/mol. The highest BCUT2D eigenvalue weighted by Gasteiger charge is 2.30. The third kappa shape index (κ3) is 3.18. The Kier molecular flexibility index (Phi) is 4.51. The lowest BCUT2D eigenvalue weighted by Crippen LogP contribution is -2.24. The Bertz CT molecular complexity index is 1540. The number of benzene rings is 1. The number of aromatic nitrogens is 4. The topological polar surface area (TPSA) is 83.0 Å². The van der Waals surface area contributed by atoms with Crippen LogP contribution in [0.4, 0.5) is 0 Å². The third-order valence-corrected chi connectivity index (χ3v) is 6.99. The molecule has 0 amide bonds. The first-order valence-electron chi connectivity index (χ1n) is 10.2. The van der Waals surface area contributed by atoms with Crippen molar-refractivity contribution in [2.24, 2.45) is 0 Å². The molecule has 5 aromatic rings. The van der Waals surface area contributed by atoms with Gasteiger partial charge in [0.1, 0.15) is 22.0 Å². The Morgan fingerprint density at radius 3 is 2.91 bits per heavy atom. The van der Waals surface area contributed by atoms with E-state index < -0.39 is 0 Å². The van der Waals surface area contributed by atoms with E-state index in [1.165, 1.54) is 17.7 Å². The molecule has 6 rings (SSSR count). The van der Waals surface area contributed by atoms with Gasteiger partial charge < -0.3 is 9.15 Å². The molecule has 0 bridgehead atoms. The van der Waals surface area contributed by atoms with E-state index in [0.29, 0.717) is 44.2 Å². The normalized spacial score (nSPS) is 13.8.